The molecule has 0 spiro atoms. The normalized spacial score (nSPS) is 22.3. The van der Waals surface area contributed by atoms with E-state index in [-0.39, 0.29) is 11.5 Å². The van der Waals surface area contributed by atoms with Gasteiger partial charge in [0, 0.05) is 19.1 Å². The molecule has 5 heteroatoms. The minimum Gasteiger partial charge on any atom is -0.370 e. The molecule has 1 aromatic heterocycles. The van der Waals surface area contributed by atoms with Gasteiger partial charge in [0.2, 0.25) is 11.7 Å². The molecule has 0 aromatic carbocycles. The molecule has 1 fully saturated rings. The Morgan fingerprint density at radius 2 is 2.22 bits per heavy atom. The largest absolute Gasteiger partial charge is 0.370 e. The number of hydrogen-bond donors (Lipinski definition) is 1. The number of hydrogen-bond acceptors (Lipinski definition) is 5. The van der Waals surface area contributed by atoms with Crippen LogP contribution < -0.4 is 5.32 Å². The lowest BCUT2D eigenvalue weighted by atomic mass is 9.85. The van der Waals surface area contributed by atoms with Crippen LogP contribution in [-0.2, 0) is 11.2 Å². The fourth-order valence-electron chi connectivity index (χ4n) is 2.28. The number of likely N-dealkylation sites (N-methyl/N-ethyl adjacent to an activating group) is 1. The van der Waals surface area contributed by atoms with Gasteiger partial charge < -0.3 is 14.6 Å². The van der Waals surface area contributed by atoms with Crippen LogP contribution in [0.3, 0.4) is 0 Å². The SMILES string of the molecule is CNC(Cc1nc(C2CCCO2)no1)C(C)(C)C. The van der Waals surface area contributed by atoms with Crippen molar-refractivity contribution in [3.63, 3.8) is 0 Å². The first kappa shape index (κ1) is 13.5. The van der Waals surface area contributed by atoms with Gasteiger partial charge in [0.15, 0.2) is 0 Å². The van der Waals surface area contributed by atoms with E-state index in [1.54, 1.807) is 0 Å². The average molecular weight is 253 g/mol. The van der Waals surface area contributed by atoms with Gasteiger partial charge in [0.25, 0.3) is 0 Å². The summed E-state index contributed by atoms with van der Waals surface area (Å²) in [5.74, 6) is 1.39. The van der Waals surface area contributed by atoms with Crippen LogP contribution in [0.1, 0.15) is 51.4 Å². The lowest BCUT2D eigenvalue weighted by Crippen LogP contribution is -2.39. The van der Waals surface area contributed by atoms with Crippen LogP contribution in [0, 0.1) is 5.41 Å². The summed E-state index contributed by atoms with van der Waals surface area (Å²) >= 11 is 0. The average Bonchev–Trinajstić information content (AvgIpc) is 2.94. The molecule has 2 unspecified atom stereocenters. The molecule has 2 rings (SSSR count). The second kappa shape index (κ2) is 5.36. The summed E-state index contributed by atoms with van der Waals surface area (Å²) in [6, 6.07) is 0.315. The van der Waals surface area contributed by atoms with Gasteiger partial charge in [-0.1, -0.05) is 25.9 Å². The number of nitrogens with zero attached hydrogens (tertiary/aromatic N) is 2. The third-order valence-electron chi connectivity index (χ3n) is 3.47. The summed E-state index contributed by atoms with van der Waals surface area (Å²) in [5, 5.41) is 7.34. The quantitative estimate of drug-likeness (QED) is 0.890. The molecule has 1 saturated heterocycles. The molecule has 1 aromatic rings. The maximum atomic E-state index is 5.55. The van der Waals surface area contributed by atoms with E-state index in [1.807, 2.05) is 7.05 Å². The number of ether oxygens (including phenoxy) is 1. The van der Waals surface area contributed by atoms with E-state index in [0.717, 1.165) is 25.9 Å². The number of nitrogens with one attached hydrogen (secondary N) is 1. The van der Waals surface area contributed by atoms with Crippen LogP contribution >= 0.6 is 0 Å². The summed E-state index contributed by atoms with van der Waals surface area (Å²) < 4.78 is 10.9. The molecule has 0 amide bonds. The Morgan fingerprint density at radius 3 is 2.78 bits per heavy atom. The van der Waals surface area contributed by atoms with Crippen molar-refractivity contribution in [2.45, 2.75) is 52.2 Å². The number of aromatic nitrogens is 2. The molecule has 1 N–H and O–H groups in total. The van der Waals surface area contributed by atoms with Crippen molar-refractivity contribution in [3.8, 4) is 0 Å². The first-order valence-corrected chi connectivity index (χ1v) is 6.62. The summed E-state index contributed by atoms with van der Waals surface area (Å²) in [6.07, 6.45) is 2.86. The summed E-state index contributed by atoms with van der Waals surface area (Å²) in [5.41, 5.74) is 0.160. The molecule has 2 atom stereocenters. The lowest BCUT2D eigenvalue weighted by molar-refractivity contribution is 0.103. The molecule has 0 radical (unpaired) electrons. The molecule has 1 aliphatic rings. The zero-order valence-corrected chi connectivity index (χ0v) is 11.7. The third-order valence-corrected chi connectivity index (χ3v) is 3.47. The van der Waals surface area contributed by atoms with E-state index in [0.29, 0.717) is 17.8 Å². The molecular weight excluding hydrogens is 230 g/mol. The van der Waals surface area contributed by atoms with Crippen molar-refractivity contribution in [2.75, 3.05) is 13.7 Å². The van der Waals surface area contributed by atoms with Gasteiger partial charge in [-0.25, -0.2) is 0 Å². The Balaban J connectivity index is 2.01. The van der Waals surface area contributed by atoms with Crippen LogP contribution in [0.4, 0.5) is 0 Å². The minimum absolute atomic E-state index is 0.0326. The van der Waals surface area contributed by atoms with E-state index >= 15 is 0 Å². The highest BCUT2D eigenvalue weighted by Gasteiger charge is 2.27. The van der Waals surface area contributed by atoms with Gasteiger partial charge >= 0.3 is 0 Å². The Hall–Kier alpha value is -0.940. The van der Waals surface area contributed by atoms with Gasteiger partial charge in [-0.05, 0) is 25.3 Å². The molecule has 0 saturated carbocycles. The van der Waals surface area contributed by atoms with E-state index in [2.05, 4.69) is 36.2 Å². The van der Waals surface area contributed by atoms with Crippen LogP contribution in [-0.4, -0.2) is 29.8 Å². The van der Waals surface area contributed by atoms with E-state index in [4.69, 9.17) is 9.26 Å². The van der Waals surface area contributed by atoms with Crippen molar-refractivity contribution >= 4 is 0 Å². The van der Waals surface area contributed by atoms with Crippen LogP contribution in [0.5, 0.6) is 0 Å². The third kappa shape index (κ3) is 3.09. The van der Waals surface area contributed by atoms with E-state index < -0.39 is 0 Å². The van der Waals surface area contributed by atoms with Crippen molar-refractivity contribution in [1.29, 1.82) is 0 Å². The summed E-state index contributed by atoms with van der Waals surface area (Å²) in [7, 11) is 1.97. The van der Waals surface area contributed by atoms with E-state index in [9.17, 15) is 0 Å². The first-order chi connectivity index (χ1) is 8.50. The fraction of sp³-hybridized carbons (Fsp3) is 0.846. The Morgan fingerprint density at radius 1 is 1.44 bits per heavy atom. The molecule has 0 bridgehead atoms. The van der Waals surface area contributed by atoms with Crippen LogP contribution in [0.15, 0.2) is 4.52 Å². The van der Waals surface area contributed by atoms with Crippen LogP contribution in [0.2, 0.25) is 0 Å². The lowest BCUT2D eigenvalue weighted by Gasteiger charge is -2.29. The zero-order chi connectivity index (χ0) is 13.2. The van der Waals surface area contributed by atoms with Crippen molar-refractivity contribution in [1.82, 2.24) is 15.5 Å². The van der Waals surface area contributed by atoms with Crippen LogP contribution in [0.25, 0.3) is 0 Å². The van der Waals surface area contributed by atoms with Gasteiger partial charge in [0.1, 0.15) is 6.10 Å². The fourth-order valence-corrected chi connectivity index (χ4v) is 2.28. The Labute approximate surface area is 108 Å². The Kier molecular flexibility index (Phi) is 4.02. The predicted molar refractivity (Wildman–Crippen MR) is 68.2 cm³/mol. The zero-order valence-electron chi connectivity index (χ0n) is 11.7. The second-order valence-electron chi connectivity index (χ2n) is 5.96. The molecule has 1 aliphatic heterocycles. The van der Waals surface area contributed by atoms with Gasteiger partial charge in [-0.3, -0.25) is 0 Å². The van der Waals surface area contributed by atoms with Crippen molar-refractivity contribution in [3.05, 3.63) is 11.7 Å². The molecule has 5 nitrogen and oxygen atoms in total. The summed E-state index contributed by atoms with van der Waals surface area (Å²) in [4.78, 5) is 4.45. The topological polar surface area (TPSA) is 60.2 Å². The van der Waals surface area contributed by atoms with Gasteiger partial charge in [-0.2, -0.15) is 4.98 Å². The Bertz CT molecular complexity index is 378. The predicted octanol–water partition coefficient (Wildman–Crippen LogP) is 2.10. The molecular formula is C13H23N3O2. The monoisotopic (exact) mass is 253 g/mol. The molecule has 2 heterocycles. The maximum absolute atomic E-state index is 5.55. The highest BCUT2D eigenvalue weighted by Crippen LogP contribution is 2.27. The highest BCUT2D eigenvalue weighted by molar-refractivity contribution is 4.96. The first-order valence-electron chi connectivity index (χ1n) is 6.62. The molecule has 0 aliphatic carbocycles. The molecule has 102 valence electrons. The second-order valence-corrected chi connectivity index (χ2v) is 5.96. The highest BCUT2D eigenvalue weighted by atomic mass is 16.5. The van der Waals surface area contributed by atoms with Gasteiger partial charge in [-0.15, -0.1) is 0 Å². The van der Waals surface area contributed by atoms with Crippen molar-refractivity contribution < 1.29 is 9.26 Å². The number of rotatable bonds is 4. The van der Waals surface area contributed by atoms with Crippen molar-refractivity contribution in [2.24, 2.45) is 5.41 Å². The maximum Gasteiger partial charge on any atom is 0.228 e. The molecule has 18 heavy (non-hydrogen) atoms. The summed E-state index contributed by atoms with van der Waals surface area (Å²) in [6.45, 7) is 7.40. The standard InChI is InChI=1S/C13H23N3O2/c1-13(2,3)10(14-4)8-11-15-12(16-18-11)9-6-5-7-17-9/h9-10,14H,5-8H2,1-4H3. The van der Waals surface area contributed by atoms with E-state index in [1.165, 1.54) is 0 Å². The smallest absolute Gasteiger partial charge is 0.228 e. The minimum atomic E-state index is 0.0326. The van der Waals surface area contributed by atoms with Gasteiger partial charge in [0.05, 0.1) is 0 Å².